The highest BCUT2D eigenvalue weighted by molar-refractivity contribution is 5.75. The van der Waals surface area contributed by atoms with Gasteiger partial charge in [-0.1, -0.05) is 0 Å². The fraction of sp³-hybridized carbons (Fsp3) is 0.889. The van der Waals surface area contributed by atoms with Gasteiger partial charge in [0.05, 0.1) is 19.6 Å². The molecule has 0 fully saturated rings. The average molecular weight is 243 g/mol. The zero-order valence-corrected chi connectivity index (χ0v) is 9.05. The molecule has 2 N–H and O–H groups in total. The monoisotopic (exact) mass is 243 g/mol. The van der Waals surface area contributed by atoms with Gasteiger partial charge in [-0.3, -0.25) is 4.79 Å². The number of carbonyl (C=O) groups is 1. The second kappa shape index (κ2) is 7.45. The van der Waals surface area contributed by atoms with Gasteiger partial charge in [0.1, 0.15) is 6.04 Å². The molecule has 0 heterocycles. The van der Waals surface area contributed by atoms with E-state index < -0.39 is 31.2 Å². The molecule has 4 nitrogen and oxygen atoms in total. The van der Waals surface area contributed by atoms with Gasteiger partial charge in [-0.2, -0.15) is 13.2 Å². The van der Waals surface area contributed by atoms with Crippen LogP contribution in [0.25, 0.3) is 0 Å². The number of hydrogen-bond acceptors (Lipinski definition) is 4. The van der Waals surface area contributed by atoms with Crippen molar-refractivity contribution in [3.63, 3.8) is 0 Å². The highest BCUT2D eigenvalue weighted by Gasteiger charge is 2.26. The third-order valence-electron chi connectivity index (χ3n) is 1.69. The van der Waals surface area contributed by atoms with Crippen LogP contribution in [-0.4, -0.2) is 38.0 Å². The predicted molar refractivity (Wildman–Crippen MR) is 50.7 cm³/mol. The molecule has 96 valence electrons. The van der Waals surface area contributed by atoms with Crippen LogP contribution in [-0.2, 0) is 14.3 Å². The Morgan fingerprint density at radius 1 is 1.38 bits per heavy atom. The maximum atomic E-state index is 11.7. The van der Waals surface area contributed by atoms with Crippen molar-refractivity contribution < 1.29 is 27.4 Å². The minimum Gasteiger partial charge on any atom is -0.465 e. The molecule has 0 aromatic heterocycles. The normalized spacial score (nSPS) is 13.6. The highest BCUT2D eigenvalue weighted by atomic mass is 19.4. The van der Waals surface area contributed by atoms with Crippen molar-refractivity contribution >= 4 is 5.97 Å². The zero-order valence-electron chi connectivity index (χ0n) is 9.05. The van der Waals surface area contributed by atoms with E-state index in [1.54, 1.807) is 6.92 Å². The topological polar surface area (TPSA) is 61.5 Å². The quantitative estimate of drug-likeness (QED) is 0.539. The van der Waals surface area contributed by atoms with Crippen LogP contribution in [0, 0.1) is 0 Å². The minimum absolute atomic E-state index is 0.00998. The first kappa shape index (κ1) is 15.2. The van der Waals surface area contributed by atoms with E-state index in [0.29, 0.717) is 0 Å². The first-order valence-electron chi connectivity index (χ1n) is 4.93. The summed E-state index contributed by atoms with van der Waals surface area (Å²) in [6, 6.07) is -0.842. The van der Waals surface area contributed by atoms with Crippen LogP contribution in [0.1, 0.15) is 19.8 Å². The maximum absolute atomic E-state index is 11.7. The molecule has 0 saturated heterocycles. The Labute approximate surface area is 91.9 Å². The Bertz CT molecular complexity index is 209. The molecule has 0 aliphatic rings. The van der Waals surface area contributed by atoms with Crippen molar-refractivity contribution in [2.24, 2.45) is 5.73 Å². The third-order valence-corrected chi connectivity index (χ3v) is 1.69. The van der Waals surface area contributed by atoms with Crippen LogP contribution < -0.4 is 5.73 Å². The van der Waals surface area contributed by atoms with Crippen molar-refractivity contribution in [1.29, 1.82) is 0 Å². The number of esters is 1. The molecule has 0 bridgehead atoms. The second-order valence-corrected chi connectivity index (χ2v) is 3.12. The van der Waals surface area contributed by atoms with Crippen molar-refractivity contribution in [3.05, 3.63) is 0 Å². The molecule has 0 amide bonds. The molecular weight excluding hydrogens is 227 g/mol. The summed E-state index contributed by atoms with van der Waals surface area (Å²) in [5.74, 6) is -0.568. The Morgan fingerprint density at radius 3 is 2.50 bits per heavy atom. The Kier molecular flexibility index (Phi) is 7.07. The second-order valence-electron chi connectivity index (χ2n) is 3.12. The Morgan fingerprint density at radius 2 is 2.00 bits per heavy atom. The molecule has 0 radical (unpaired) electrons. The van der Waals surface area contributed by atoms with Crippen LogP contribution in [0.2, 0.25) is 0 Å². The molecule has 0 aliphatic carbocycles. The van der Waals surface area contributed by atoms with Gasteiger partial charge in [0.25, 0.3) is 0 Å². The summed E-state index contributed by atoms with van der Waals surface area (Å²) in [5.41, 5.74) is 5.39. The lowest BCUT2D eigenvalue weighted by molar-refractivity contribution is -0.148. The summed E-state index contributed by atoms with van der Waals surface area (Å²) in [4.78, 5) is 11.0. The van der Waals surface area contributed by atoms with Gasteiger partial charge in [0, 0.05) is 6.61 Å². The first-order chi connectivity index (χ1) is 7.37. The predicted octanol–water partition coefficient (Wildman–Crippen LogP) is 1.24. The van der Waals surface area contributed by atoms with Crippen molar-refractivity contribution in [2.45, 2.75) is 32.0 Å². The summed E-state index contributed by atoms with van der Waals surface area (Å²) in [5, 5.41) is 0. The first-order valence-corrected chi connectivity index (χ1v) is 4.93. The number of alkyl halides is 3. The highest BCUT2D eigenvalue weighted by Crippen LogP contribution is 2.18. The van der Waals surface area contributed by atoms with Crippen LogP contribution in [0.4, 0.5) is 13.2 Å². The van der Waals surface area contributed by atoms with Gasteiger partial charge in [-0.05, 0) is 13.3 Å². The van der Waals surface area contributed by atoms with Gasteiger partial charge in [0.2, 0.25) is 0 Å². The molecule has 0 saturated carbocycles. The van der Waals surface area contributed by atoms with Gasteiger partial charge in [-0.25, -0.2) is 0 Å². The molecule has 7 heteroatoms. The number of nitrogens with two attached hydrogens (primary N) is 1. The minimum atomic E-state index is -4.22. The lowest BCUT2D eigenvalue weighted by Crippen LogP contribution is -2.33. The lowest BCUT2D eigenvalue weighted by Gasteiger charge is -2.11. The number of ether oxygens (including phenoxy) is 2. The van der Waals surface area contributed by atoms with E-state index in [4.69, 9.17) is 10.5 Å². The van der Waals surface area contributed by atoms with E-state index >= 15 is 0 Å². The summed E-state index contributed by atoms with van der Waals surface area (Å²) in [6.45, 7) is 1.46. The zero-order chi connectivity index (χ0) is 12.6. The van der Waals surface area contributed by atoms with Crippen molar-refractivity contribution in [2.75, 3.05) is 19.8 Å². The van der Waals surface area contributed by atoms with Gasteiger partial charge < -0.3 is 15.2 Å². The average Bonchev–Trinajstić information content (AvgIpc) is 2.15. The maximum Gasteiger partial charge on any atom is 0.391 e. The smallest absolute Gasteiger partial charge is 0.391 e. The van der Waals surface area contributed by atoms with E-state index in [0.717, 1.165) is 0 Å². The SMILES string of the molecule is CCOC(=O)C(N)CCOCCC(F)(F)F. The fourth-order valence-corrected chi connectivity index (χ4v) is 0.867. The van der Waals surface area contributed by atoms with Crippen LogP contribution in [0.5, 0.6) is 0 Å². The molecule has 0 aromatic carbocycles. The molecule has 0 spiro atoms. The standard InChI is InChI=1S/C9H16F3NO3/c1-2-16-8(14)7(13)3-5-15-6-4-9(10,11)12/h7H,2-6,13H2,1H3. The number of hydrogen-bond donors (Lipinski definition) is 1. The van der Waals surface area contributed by atoms with E-state index in [-0.39, 0.29) is 19.6 Å². The largest absolute Gasteiger partial charge is 0.465 e. The summed E-state index contributed by atoms with van der Waals surface area (Å²) >= 11 is 0. The van der Waals surface area contributed by atoms with E-state index in [9.17, 15) is 18.0 Å². The molecule has 0 aliphatic heterocycles. The molecule has 1 atom stereocenters. The molecule has 0 aromatic rings. The van der Waals surface area contributed by atoms with Gasteiger partial charge in [0.15, 0.2) is 0 Å². The fourth-order valence-electron chi connectivity index (χ4n) is 0.867. The molecule has 16 heavy (non-hydrogen) atoms. The van der Waals surface area contributed by atoms with Crippen LogP contribution in [0.3, 0.4) is 0 Å². The summed E-state index contributed by atoms with van der Waals surface area (Å²) in [6.07, 6.45) is -5.07. The third kappa shape index (κ3) is 8.49. The van der Waals surface area contributed by atoms with E-state index in [2.05, 4.69) is 4.74 Å². The van der Waals surface area contributed by atoms with Crippen LogP contribution in [0.15, 0.2) is 0 Å². The van der Waals surface area contributed by atoms with Gasteiger partial charge in [-0.15, -0.1) is 0 Å². The van der Waals surface area contributed by atoms with Crippen molar-refractivity contribution in [3.8, 4) is 0 Å². The van der Waals surface area contributed by atoms with Crippen LogP contribution >= 0.6 is 0 Å². The van der Waals surface area contributed by atoms with Crippen molar-refractivity contribution in [1.82, 2.24) is 0 Å². The number of carbonyl (C=O) groups excluding carboxylic acids is 1. The summed E-state index contributed by atoms with van der Waals surface area (Å²) < 4.78 is 44.4. The molecular formula is C9H16F3NO3. The van der Waals surface area contributed by atoms with E-state index in [1.807, 2.05) is 0 Å². The molecule has 0 rings (SSSR count). The summed E-state index contributed by atoms with van der Waals surface area (Å²) in [7, 11) is 0. The van der Waals surface area contributed by atoms with Gasteiger partial charge >= 0.3 is 12.1 Å². The van der Waals surface area contributed by atoms with E-state index in [1.165, 1.54) is 0 Å². The Hall–Kier alpha value is -0.820. The number of rotatable bonds is 7. The Balaban J connectivity index is 3.48. The number of halogens is 3. The molecule has 1 unspecified atom stereocenters. The lowest BCUT2D eigenvalue weighted by atomic mass is 10.2.